The van der Waals surface area contributed by atoms with Gasteiger partial charge in [0.1, 0.15) is 0 Å². The van der Waals surface area contributed by atoms with Crippen molar-refractivity contribution in [3.8, 4) is 94.7 Å². The van der Waals surface area contributed by atoms with Crippen LogP contribution in [0.2, 0.25) is 0 Å². The van der Waals surface area contributed by atoms with Crippen molar-refractivity contribution in [1.29, 1.82) is 0 Å². The minimum absolute atomic E-state index is 0.385. The molecule has 2 aliphatic heterocycles. The largest absolute Gasteiger partial charge is 0.349 e. The highest BCUT2D eigenvalue weighted by Crippen LogP contribution is 2.70. The van der Waals surface area contributed by atoms with Gasteiger partial charge < -0.3 is 18.9 Å². The zero-order valence-corrected chi connectivity index (χ0v) is 40.1. The van der Waals surface area contributed by atoms with Gasteiger partial charge in [-0.25, -0.2) is 0 Å². The van der Waals surface area contributed by atoms with Crippen LogP contribution < -0.4 is 0 Å². The van der Waals surface area contributed by atoms with Gasteiger partial charge >= 0.3 is 0 Å². The second-order valence-corrected chi connectivity index (χ2v) is 20.5. The van der Waals surface area contributed by atoms with Gasteiger partial charge in [0, 0.05) is 92.5 Å². The van der Waals surface area contributed by atoms with Crippen molar-refractivity contribution >= 4 is 0 Å². The first-order valence-corrected chi connectivity index (χ1v) is 25.4. The van der Waals surface area contributed by atoms with Crippen LogP contribution in [0, 0.1) is 116 Å². The van der Waals surface area contributed by atoms with Gasteiger partial charge in [0.05, 0.1) is 48.1 Å². The van der Waals surface area contributed by atoms with Gasteiger partial charge in [-0.05, 0) is 122 Å². The lowest BCUT2D eigenvalue weighted by Gasteiger charge is -2.60. The lowest BCUT2D eigenvalue weighted by molar-refractivity contribution is -0.244. The number of rotatable bonds is 0. The number of fused-ring (bicyclic) bond motifs is 2. The minimum atomic E-state index is -0.552. The Morgan fingerprint density at radius 2 is 0.514 bits per heavy atom. The zero-order valence-electron chi connectivity index (χ0n) is 40.1. The number of ether oxygens (including phenoxy) is 4. The SMILES string of the molecule is C1#Cc2cccc(c2)C#CC2=C[C@]34COC5(CCCCC5)OC[C@]23C=C4C#Cc2cccc(c2)C#CC#Cc2cccc(c2)C#CC2=C[C@]34COC5(CCCCC5)OC[C@]23C=C4C#Cc2cccc(c2)C#C1. The summed E-state index contributed by atoms with van der Waals surface area (Å²) in [5.74, 6) is 52.1. The minimum Gasteiger partial charge on any atom is -0.349 e. The van der Waals surface area contributed by atoms with Crippen LogP contribution in [-0.2, 0) is 18.9 Å². The summed E-state index contributed by atoms with van der Waals surface area (Å²) in [4.78, 5) is 0. The van der Waals surface area contributed by atoms with Crippen molar-refractivity contribution in [1.82, 2.24) is 0 Å². The van der Waals surface area contributed by atoms with Crippen LogP contribution >= 0.6 is 0 Å². The molecule has 4 fully saturated rings. The molecule has 6 spiro atoms. The second-order valence-electron chi connectivity index (χ2n) is 20.5. The number of benzene rings is 4. The van der Waals surface area contributed by atoms with Crippen LogP contribution in [0.3, 0.4) is 0 Å². The van der Waals surface area contributed by atoms with Crippen molar-refractivity contribution in [2.75, 3.05) is 26.4 Å². The summed E-state index contributed by atoms with van der Waals surface area (Å²) in [5, 5.41) is 0. The molecule has 72 heavy (non-hydrogen) atoms. The molecule has 0 N–H and O–H groups in total. The van der Waals surface area contributed by atoms with Crippen LogP contribution in [0.4, 0.5) is 0 Å². The fraction of sp³-hybridized carbons (Fsp3) is 0.294. The maximum Gasteiger partial charge on any atom is 0.168 e. The van der Waals surface area contributed by atoms with Crippen molar-refractivity contribution in [2.24, 2.45) is 21.7 Å². The third-order valence-corrected chi connectivity index (χ3v) is 16.3. The van der Waals surface area contributed by atoms with Gasteiger partial charge in [-0.2, -0.15) is 0 Å². The number of hydrogen-bond donors (Lipinski definition) is 0. The molecule has 4 atom stereocenters. The Balaban J connectivity index is 0.838. The van der Waals surface area contributed by atoms with Gasteiger partial charge in [-0.15, -0.1) is 0 Å². The predicted octanol–water partition coefficient (Wildman–Crippen LogP) is 10.7. The molecule has 16 bridgehead atoms. The molecule has 4 aromatic carbocycles. The Bertz CT molecular complexity index is 3220. The van der Waals surface area contributed by atoms with E-state index in [1.54, 1.807) is 0 Å². The second kappa shape index (κ2) is 17.5. The van der Waals surface area contributed by atoms with E-state index in [-0.39, 0.29) is 21.7 Å². The summed E-state index contributed by atoms with van der Waals surface area (Å²) in [6.45, 7) is 2.08. The quantitative estimate of drug-likeness (QED) is 0.165. The molecule has 2 heterocycles. The van der Waals surface area contributed by atoms with Gasteiger partial charge in [0.25, 0.3) is 0 Å². The fourth-order valence-corrected chi connectivity index (χ4v) is 12.1. The Hall–Kier alpha value is -7.84. The van der Waals surface area contributed by atoms with E-state index in [4.69, 9.17) is 18.9 Å². The van der Waals surface area contributed by atoms with Crippen molar-refractivity contribution in [3.63, 3.8) is 0 Å². The van der Waals surface area contributed by atoms with E-state index >= 15 is 0 Å². The highest BCUT2D eigenvalue weighted by Gasteiger charge is 2.70. The Kier molecular flexibility index (Phi) is 10.7. The van der Waals surface area contributed by atoms with Crippen molar-refractivity contribution < 1.29 is 18.9 Å². The zero-order chi connectivity index (χ0) is 48.1. The summed E-state index contributed by atoms with van der Waals surface area (Å²) in [6.07, 6.45) is 19.6. The molecule has 0 radical (unpaired) electrons. The van der Waals surface area contributed by atoms with Crippen molar-refractivity contribution in [2.45, 2.75) is 75.8 Å². The molecule has 0 aromatic heterocycles. The van der Waals surface area contributed by atoms with E-state index in [9.17, 15) is 0 Å². The first kappa shape index (κ1) is 44.1. The summed E-state index contributed by atoms with van der Waals surface area (Å²) < 4.78 is 27.1. The standard InChI is InChI=1S/C68H48O4/c1-7-35-67(36-8-1)69-47-63-44-60-32-28-56-24-12-20-52(40-56)16-4-6-18-54-22-14-26-58(42-54)30-34-62-46-65-49-71-68(37-9-2-10-38-68)72-50-66(62,65)45-61(65)33-29-57-25-13-21-53(41-57)17-5-3-15-51-19-11-23-55(39-51)27-31-59(63)43-64(60,63)48-70-67/h11-14,19-26,39-46H,1-2,7-10,35-38,47-50H2/t63-,64-,65-,66-/m1/s1. The maximum atomic E-state index is 6.77. The molecule has 0 unspecified atom stereocenters. The van der Waals surface area contributed by atoms with Gasteiger partial charge in [-0.1, -0.05) is 132 Å². The van der Waals surface area contributed by atoms with E-state index in [2.05, 4.69) is 119 Å². The highest BCUT2D eigenvalue weighted by atomic mass is 16.7. The monoisotopic (exact) mass is 928 g/mol. The average Bonchev–Trinajstić information content (AvgIpc) is 3.48. The third kappa shape index (κ3) is 7.49. The molecule has 4 heteroatoms. The molecule has 8 aliphatic carbocycles. The summed E-state index contributed by atoms with van der Waals surface area (Å²) >= 11 is 0. The topological polar surface area (TPSA) is 36.9 Å². The summed E-state index contributed by atoms with van der Waals surface area (Å²) in [6, 6.07) is 32.1. The summed E-state index contributed by atoms with van der Waals surface area (Å²) in [7, 11) is 0. The molecule has 2 saturated carbocycles. The lowest BCUT2D eigenvalue weighted by atomic mass is 9.41. The molecule has 344 valence electrons. The Morgan fingerprint density at radius 1 is 0.278 bits per heavy atom. The molecule has 10 aliphatic rings. The fourth-order valence-electron chi connectivity index (χ4n) is 12.1. The van der Waals surface area contributed by atoms with E-state index in [1.165, 1.54) is 12.8 Å². The molecular weight excluding hydrogens is 881 g/mol. The van der Waals surface area contributed by atoms with Gasteiger partial charge in [0.15, 0.2) is 11.6 Å². The molecule has 0 amide bonds. The van der Waals surface area contributed by atoms with E-state index in [1.807, 2.05) is 97.1 Å². The summed E-state index contributed by atoms with van der Waals surface area (Å²) in [5.41, 5.74) is 9.60. The molecule has 4 aromatic rings. The molecule has 14 rings (SSSR count). The molecule has 4 nitrogen and oxygen atoms in total. The van der Waals surface area contributed by atoms with Crippen LogP contribution in [0.25, 0.3) is 0 Å². The first-order chi connectivity index (χ1) is 35.4. The lowest BCUT2D eigenvalue weighted by Crippen LogP contribution is -2.59. The predicted molar refractivity (Wildman–Crippen MR) is 278 cm³/mol. The van der Waals surface area contributed by atoms with E-state index in [0.717, 1.165) is 118 Å². The van der Waals surface area contributed by atoms with Crippen LogP contribution in [0.1, 0.15) is 109 Å². The highest BCUT2D eigenvalue weighted by molar-refractivity contribution is 5.71. The van der Waals surface area contributed by atoms with Crippen LogP contribution in [-0.4, -0.2) is 38.0 Å². The van der Waals surface area contributed by atoms with E-state index in [0.29, 0.717) is 26.4 Å². The average molecular weight is 929 g/mol. The number of hydrogen-bond acceptors (Lipinski definition) is 4. The maximum absolute atomic E-state index is 6.77. The normalized spacial score (nSPS) is 27.8. The smallest absolute Gasteiger partial charge is 0.168 e. The Labute approximate surface area is 423 Å². The molecular formula is C68H48O4. The molecule has 2 saturated heterocycles. The van der Waals surface area contributed by atoms with Crippen molar-refractivity contribution in [3.05, 3.63) is 188 Å². The van der Waals surface area contributed by atoms with Gasteiger partial charge in [-0.3, -0.25) is 0 Å². The van der Waals surface area contributed by atoms with Crippen LogP contribution in [0.15, 0.2) is 144 Å². The first-order valence-electron chi connectivity index (χ1n) is 25.4. The Morgan fingerprint density at radius 3 is 0.764 bits per heavy atom. The van der Waals surface area contributed by atoms with E-state index < -0.39 is 11.6 Å². The van der Waals surface area contributed by atoms with Gasteiger partial charge in [0.2, 0.25) is 0 Å². The van der Waals surface area contributed by atoms with Crippen LogP contribution in [0.5, 0.6) is 0 Å². The third-order valence-electron chi connectivity index (χ3n) is 16.3.